The normalized spacial score (nSPS) is 20.7. The number of aliphatic hydroxyl groups excluding tert-OH is 4. The average Bonchev–Trinajstić information content (AvgIpc) is 0.778. The Bertz CT molecular complexity index is 2800. The van der Waals surface area contributed by atoms with E-state index < -0.39 is 176 Å². The van der Waals surface area contributed by atoms with E-state index in [9.17, 15) is 63.4 Å². The summed E-state index contributed by atoms with van der Waals surface area (Å²) in [6.07, 6.45) is 39.6. The minimum Gasteiger partial charge on any atom is -0.462 e. The molecule has 9 N–H and O–H groups in total. The monoisotopic (exact) mass is 1820 g/mol. The van der Waals surface area contributed by atoms with Crippen LogP contribution < -0.4 is 10.6 Å². The minimum atomic E-state index is -5.67. The Morgan fingerprint density at radius 1 is 0.368 bits per heavy atom. The standard InChI is InChI=1S/C97H182N2O24P2/c1-8-14-20-26-32-38-39-40-41-47-53-59-64-70-86(105)116-80(68-62-56-50-44-35-29-23-17-11-4)74-85(104)99-91-95(121-89(108)75-81(69-63-57-51-45-36-30-24-18-12-5)117-87(106)71-65-58-52-46-37-31-25-19-13-6)93(122-125(112,113)114)82(76-100)118-96(91)115-77-83-92(109)94(120-88(107)73-79(102)67-61-55-49-43-34-28-22-16-10-3)90(97(119-83)123-124(7,110)111)98-84(103)72-78(101)66-60-54-48-42-33-27-21-15-9-2/h38-39,78-83,90-97,100-102,109H,8-37,40-77H2,1-7H3,(H,98,103)(H,99,104)(H,110,111)(H2,112,113,114)/b39-38-/t78?,79?,80?,81?,82?,83?,90?,91?,92-,93-,94-,95-,96-,97?/m1/s1. The van der Waals surface area contributed by atoms with E-state index in [1.165, 1.54) is 64.2 Å². The quantitative estimate of drug-likeness (QED) is 0.00898. The van der Waals surface area contributed by atoms with Gasteiger partial charge in [0.2, 0.25) is 11.8 Å². The van der Waals surface area contributed by atoms with Crippen molar-refractivity contribution in [2.24, 2.45) is 0 Å². The molecule has 0 aliphatic carbocycles. The highest BCUT2D eigenvalue weighted by Crippen LogP contribution is 2.44. The van der Waals surface area contributed by atoms with Crippen molar-refractivity contribution in [3.05, 3.63) is 12.2 Å². The van der Waals surface area contributed by atoms with Crippen LogP contribution in [0.4, 0.5) is 0 Å². The predicted octanol–water partition coefficient (Wildman–Crippen LogP) is 21.9. The van der Waals surface area contributed by atoms with Crippen molar-refractivity contribution in [3.8, 4) is 0 Å². The second-order valence-corrected chi connectivity index (χ2v) is 39.2. The molecule has 26 nitrogen and oxygen atoms in total. The summed E-state index contributed by atoms with van der Waals surface area (Å²) >= 11 is 0. The number of esters is 4. The molecular weight excluding hydrogens is 1640 g/mol. The molecule has 28 heteroatoms. The Morgan fingerprint density at radius 3 is 1.08 bits per heavy atom. The van der Waals surface area contributed by atoms with Crippen LogP contribution in [0.5, 0.6) is 0 Å². The van der Waals surface area contributed by atoms with Crippen LogP contribution in [0.3, 0.4) is 0 Å². The maximum absolute atomic E-state index is 15.2. The molecule has 2 amide bonds. The topological polar surface area (TPSA) is 385 Å². The fourth-order valence-electron chi connectivity index (χ4n) is 16.7. The van der Waals surface area contributed by atoms with Gasteiger partial charge >= 0.3 is 39.3 Å². The predicted molar refractivity (Wildman–Crippen MR) is 493 cm³/mol. The van der Waals surface area contributed by atoms with Gasteiger partial charge in [0.15, 0.2) is 24.8 Å². The summed E-state index contributed by atoms with van der Waals surface area (Å²) < 4.78 is 81.5. The molecule has 0 aromatic heterocycles. The fourth-order valence-corrected chi connectivity index (χ4v) is 17.8. The van der Waals surface area contributed by atoms with Gasteiger partial charge in [-0.1, -0.05) is 362 Å². The van der Waals surface area contributed by atoms with Crippen LogP contribution in [-0.2, 0) is 80.1 Å². The van der Waals surface area contributed by atoms with Gasteiger partial charge in [-0.2, -0.15) is 0 Å². The van der Waals surface area contributed by atoms with E-state index in [-0.39, 0.29) is 38.5 Å². The van der Waals surface area contributed by atoms with Gasteiger partial charge in [0.25, 0.3) is 0 Å². The summed E-state index contributed by atoms with van der Waals surface area (Å²) in [6, 6.07) is -3.67. The molecule has 0 radical (unpaired) electrons. The lowest BCUT2D eigenvalue weighted by Crippen LogP contribution is -2.68. The van der Waals surface area contributed by atoms with Gasteiger partial charge in [-0.15, -0.1) is 0 Å². The van der Waals surface area contributed by atoms with E-state index in [0.717, 1.165) is 263 Å². The fraction of sp³-hybridized carbons (Fsp3) is 0.918. The lowest BCUT2D eigenvalue weighted by molar-refractivity contribution is -0.296. The van der Waals surface area contributed by atoms with E-state index >= 15 is 9.59 Å². The van der Waals surface area contributed by atoms with Crippen LogP contribution in [0.1, 0.15) is 465 Å². The molecular formula is C97H182N2O24P2. The summed E-state index contributed by atoms with van der Waals surface area (Å²) in [5, 5.41) is 51.8. The van der Waals surface area contributed by atoms with Crippen LogP contribution >= 0.6 is 15.4 Å². The molecule has 2 rings (SSSR count). The van der Waals surface area contributed by atoms with Gasteiger partial charge in [-0.25, -0.2) is 4.57 Å². The number of carbonyl (C=O) groups is 6. The van der Waals surface area contributed by atoms with Crippen molar-refractivity contribution in [3.63, 3.8) is 0 Å². The zero-order valence-corrected chi connectivity index (χ0v) is 81.1. The zero-order chi connectivity index (χ0) is 91.8. The number of rotatable bonds is 85. The van der Waals surface area contributed by atoms with Gasteiger partial charge in [0, 0.05) is 19.5 Å². The van der Waals surface area contributed by atoms with Crippen molar-refractivity contribution in [2.45, 2.75) is 551 Å². The van der Waals surface area contributed by atoms with E-state index in [0.29, 0.717) is 38.5 Å². The summed E-state index contributed by atoms with van der Waals surface area (Å²) in [5.74, 6) is -4.84. The third kappa shape index (κ3) is 63.3. The van der Waals surface area contributed by atoms with Crippen LogP contribution in [0, 0.1) is 0 Å². The number of hydrogen-bond donors (Lipinski definition) is 9. The maximum Gasteiger partial charge on any atom is 0.470 e. The molecule has 0 aromatic rings. The number of carbonyl (C=O) groups excluding carboxylic acids is 6. The summed E-state index contributed by atoms with van der Waals surface area (Å²) in [6.45, 7) is 11.9. The summed E-state index contributed by atoms with van der Waals surface area (Å²) in [7, 11) is -10.4. The molecule has 10 unspecified atom stereocenters. The van der Waals surface area contributed by atoms with E-state index in [1.807, 2.05) is 0 Å². The number of phosphoric acid groups is 1. The smallest absolute Gasteiger partial charge is 0.462 e. The van der Waals surface area contributed by atoms with Crippen LogP contribution in [0.25, 0.3) is 0 Å². The first-order valence-corrected chi connectivity index (χ1v) is 54.2. The molecule has 15 atom stereocenters. The highest BCUT2D eigenvalue weighted by Gasteiger charge is 2.55. The number of unbranched alkanes of at least 4 members (excludes halogenated alkanes) is 49. The minimum absolute atomic E-state index is 0.0861. The molecule has 0 aromatic carbocycles. The SMILES string of the molecule is CCCCCC/C=C\CCCCCCCC(=O)OC(CCCCCCCCCCC)CC(=O)NC1[C@H](OCC2OC(OP(C)(=O)O)C(NC(=O)CC(O)CCCCCCCCCCC)[C@@H](OC(=O)CC(O)CCCCCCCCCCC)[C@@H]2O)OC(CO)[C@@H](OP(=O)(O)O)[C@@H]1OC(=O)CC(CCCCCCCCCCC)OC(=O)CCCCCCCCCCC. The number of ether oxygens (including phenoxy) is 7. The Labute approximate surface area is 756 Å². The number of nitrogens with one attached hydrogen (secondary N) is 2. The van der Waals surface area contributed by atoms with Gasteiger partial charge in [0.1, 0.15) is 48.7 Å². The summed E-state index contributed by atoms with van der Waals surface area (Å²) in [4.78, 5) is 119. The number of amides is 2. The Hall–Kier alpha value is -3.46. The molecule has 0 spiro atoms. The molecule has 2 aliphatic heterocycles. The molecule has 2 saturated heterocycles. The molecule has 0 bridgehead atoms. The van der Waals surface area contributed by atoms with Gasteiger partial charge in [-0.3, -0.25) is 42.4 Å². The van der Waals surface area contributed by atoms with Crippen LogP contribution in [0.2, 0.25) is 0 Å². The second-order valence-electron chi connectivity index (χ2n) is 36.2. The van der Waals surface area contributed by atoms with Gasteiger partial charge in [0.05, 0.1) is 51.1 Å². The van der Waals surface area contributed by atoms with Gasteiger partial charge in [-0.05, 0) is 77.0 Å². The molecule has 2 heterocycles. The van der Waals surface area contributed by atoms with Crippen molar-refractivity contribution in [2.75, 3.05) is 19.9 Å². The first-order chi connectivity index (χ1) is 60.3. The van der Waals surface area contributed by atoms with Crippen molar-refractivity contribution >= 4 is 51.1 Å². The first-order valence-electron chi connectivity index (χ1n) is 50.6. The van der Waals surface area contributed by atoms with Crippen molar-refractivity contribution < 1.29 is 115 Å². The average molecular weight is 1820 g/mol. The first kappa shape index (κ1) is 118. The molecule has 2 fully saturated rings. The lowest BCUT2D eigenvalue weighted by Gasteiger charge is -2.47. The van der Waals surface area contributed by atoms with Crippen LogP contribution in [0.15, 0.2) is 12.2 Å². The second kappa shape index (κ2) is 77.0. The van der Waals surface area contributed by atoms with E-state index in [1.54, 1.807) is 0 Å². The molecule has 2 aliphatic rings. The Morgan fingerprint density at radius 2 is 0.688 bits per heavy atom. The highest BCUT2D eigenvalue weighted by molar-refractivity contribution is 7.51. The number of aliphatic hydroxyl groups is 4. The van der Waals surface area contributed by atoms with E-state index in [2.05, 4.69) is 64.3 Å². The van der Waals surface area contributed by atoms with E-state index in [4.69, 9.17) is 42.2 Å². The third-order valence-corrected chi connectivity index (χ3v) is 25.2. The molecule has 0 saturated carbocycles. The van der Waals surface area contributed by atoms with Crippen molar-refractivity contribution in [1.29, 1.82) is 0 Å². The molecule has 734 valence electrons. The third-order valence-electron chi connectivity index (χ3n) is 24.1. The summed E-state index contributed by atoms with van der Waals surface area (Å²) in [5.41, 5.74) is 0. The van der Waals surface area contributed by atoms with Crippen LogP contribution in [-0.4, -0.2) is 176 Å². The van der Waals surface area contributed by atoms with Gasteiger partial charge < -0.3 is 78.9 Å². The Balaban J connectivity index is 2.84. The lowest BCUT2D eigenvalue weighted by atomic mass is 9.95. The Kier molecular flexibility index (Phi) is 72.5. The zero-order valence-electron chi connectivity index (χ0n) is 79.3. The number of allylic oxidation sites excluding steroid dienone is 2. The largest absolute Gasteiger partial charge is 0.470 e. The molecule has 125 heavy (non-hydrogen) atoms. The highest BCUT2D eigenvalue weighted by atomic mass is 31.2. The number of phosphoric ester groups is 1. The maximum atomic E-state index is 15.2. The van der Waals surface area contributed by atoms with Crippen molar-refractivity contribution in [1.82, 2.24) is 10.6 Å². The number of hydrogen-bond acceptors (Lipinski definition) is 21.